The van der Waals surface area contributed by atoms with Crippen LogP contribution in [0.3, 0.4) is 0 Å². The fraction of sp³-hybridized carbons (Fsp3) is 0.364. The normalized spacial score (nSPS) is 16.2. The molecule has 8 nitrogen and oxygen atoms in total. The number of amides is 1. The molecule has 0 bridgehead atoms. The van der Waals surface area contributed by atoms with E-state index in [9.17, 15) is 31.9 Å². The number of alkyl halides is 5. The SMILES string of the molecule is COc1cc(-c2cnc3cc(N4CC[C@H](O)C4)ccn23)cc(OC(F)F)c1C(=O)NCC(F)(F)F. The lowest BCUT2D eigenvalue weighted by molar-refractivity contribution is -0.123. The van der Waals surface area contributed by atoms with Gasteiger partial charge in [-0.05, 0) is 24.6 Å². The number of halogens is 5. The Labute approximate surface area is 195 Å². The highest BCUT2D eigenvalue weighted by Gasteiger charge is 2.30. The molecule has 1 saturated heterocycles. The zero-order chi connectivity index (χ0) is 25.3. The second-order valence-corrected chi connectivity index (χ2v) is 7.87. The van der Waals surface area contributed by atoms with Gasteiger partial charge in [-0.3, -0.25) is 9.20 Å². The van der Waals surface area contributed by atoms with E-state index in [1.807, 2.05) is 11.0 Å². The average molecular weight is 500 g/mol. The summed E-state index contributed by atoms with van der Waals surface area (Å²) in [5.41, 5.74) is 1.50. The van der Waals surface area contributed by atoms with Crippen molar-refractivity contribution in [1.29, 1.82) is 0 Å². The number of carbonyl (C=O) groups excluding carboxylic acids is 1. The van der Waals surface area contributed by atoms with Crippen LogP contribution >= 0.6 is 0 Å². The second kappa shape index (κ2) is 9.56. The third-order valence-corrected chi connectivity index (χ3v) is 5.50. The Morgan fingerprint density at radius 2 is 2.03 bits per heavy atom. The largest absolute Gasteiger partial charge is 0.496 e. The Bertz CT molecular complexity index is 1230. The molecule has 4 rings (SSSR count). The number of rotatable bonds is 7. The van der Waals surface area contributed by atoms with Crippen LogP contribution in [0.25, 0.3) is 16.9 Å². The lowest BCUT2D eigenvalue weighted by Crippen LogP contribution is -2.34. The summed E-state index contributed by atoms with van der Waals surface area (Å²) >= 11 is 0. The summed E-state index contributed by atoms with van der Waals surface area (Å²) in [5, 5.41) is 11.4. The Balaban J connectivity index is 1.73. The fourth-order valence-electron chi connectivity index (χ4n) is 3.94. The van der Waals surface area contributed by atoms with Gasteiger partial charge in [0.1, 0.15) is 29.3 Å². The van der Waals surface area contributed by atoms with Crippen LogP contribution in [0.4, 0.5) is 27.6 Å². The van der Waals surface area contributed by atoms with Crippen molar-refractivity contribution < 1.29 is 41.3 Å². The van der Waals surface area contributed by atoms with Gasteiger partial charge in [0.05, 0.1) is 25.1 Å². The standard InChI is InChI=1S/C22H21F5N4O4/c1-34-16-6-12(7-17(35-21(23)24)19(16)20(33)29-11-22(25,26)27)15-9-28-18-8-13(2-5-31(15)18)30-4-3-14(32)10-30/h2,5-9,14,21,32H,3-4,10-11H2,1H3,(H,29,33)/t14-/m0/s1. The molecule has 35 heavy (non-hydrogen) atoms. The minimum Gasteiger partial charge on any atom is -0.496 e. The van der Waals surface area contributed by atoms with Crippen LogP contribution in [-0.2, 0) is 0 Å². The third-order valence-electron chi connectivity index (χ3n) is 5.50. The molecule has 1 aromatic carbocycles. The second-order valence-electron chi connectivity index (χ2n) is 7.87. The first-order valence-corrected chi connectivity index (χ1v) is 10.5. The molecule has 188 valence electrons. The number of nitrogens with one attached hydrogen (secondary N) is 1. The Kier molecular flexibility index (Phi) is 6.70. The molecule has 1 aliphatic rings. The number of methoxy groups -OCH3 is 1. The molecule has 0 radical (unpaired) electrons. The van der Waals surface area contributed by atoms with Crippen LogP contribution in [0, 0.1) is 0 Å². The van der Waals surface area contributed by atoms with Crippen molar-refractivity contribution in [3.63, 3.8) is 0 Å². The van der Waals surface area contributed by atoms with Gasteiger partial charge in [-0.25, -0.2) is 4.98 Å². The van der Waals surface area contributed by atoms with E-state index < -0.39 is 42.7 Å². The van der Waals surface area contributed by atoms with Crippen molar-refractivity contribution in [2.24, 2.45) is 0 Å². The molecular formula is C22H21F5N4O4. The molecule has 2 N–H and O–H groups in total. The highest BCUT2D eigenvalue weighted by molar-refractivity contribution is 6.00. The molecule has 0 spiro atoms. The number of pyridine rings is 1. The van der Waals surface area contributed by atoms with Gasteiger partial charge in [0.15, 0.2) is 0 Å². The molecule has 1 fully saturated rings. The van der Waals surface area contributed by atoms with Crippen molar-refractivity contribution in [3.05, 3.63) is 42.2 Å². The molecule has 1 amide bonds. The molecular weight excluding hydrogens is 479 g/mol. The number of anilines is 1. The van der Waals surface area contributed by atoms with Gasteiger partial charge in [0.2, 0.25) is 0 Å². The van der Waals surface area contributed by atoms with E-state index in [4.69, 9.17) is 4.74 Å². The van der Waals surface area contributed by atoms with Crippen LogP contribution in [0.5, 0.6) is 11.5 Å². The lowest BCUT2D eigenvalue weighted by atomic mass is 10.1. The molecule has 0 aliphatic carbocycles. The predicted octanol–water partition coefficient (Wildman–Crippen LogP) is 3.47. The van der Waals surface area contributed by atoms with Crippen molar-refractivity contribution in [1.82, 2.24) is 14.7 Å². The van der Waals surface area contributed by atoms with Crippen molar-refractivity contribution in [2.75, 3.05) is 31.6 Å². The van der Waals surface area contributed by atoms with Crippen LogP contribution < -0.4 is 19.7 Å². The smallest absolute Gasteiger partial charge is 0.405 e. The van der Waals surface area contributed by atoms with E-state index in [1.165, 1.54) is 12.3 Å². The molecule has 1 atom stereocenters. The minimum absolute atomic E-state index is 0.254. The Hall–Kier alpha value is -3.61. The van der Waals surface area contributed by atoms with Gasteiger partial charge in [0, 0.05) is 36.6 Å². The summed E-state index contributed by atoms with van der Waals surface area (Å²) in [4.78, 5) is 18.8. The average Bonchev–Trinajstić information content (AvgIpc) is 3.41. The van der Waals surface area contributed by atoms with Gasteiger partial charge in [-0.2, -0.15) is 22.0 Å². The van der Waals surface area contributed by atoms with Gasteiger partial charge in [0.25, 0.3) is 5.91 Å². The van der Waals surface area contributed by atoms with Gasteiger partial charge < -0.3 is 24.8 Å². The molecule has 13 heteroatoms. The van der Waals surface area contributed by atoms with Crippen molar-refractivity contribution in [3.8, 4) is 22.8 Å². The number of fused-ring (bicyclic) bond motifs is 1. The van der Waals surface area contributed by atoms with Crippen LogP contribution in [0.2, 0.25) is 0 Å². The van der Waals surface area contributed by atoms with Gasteiger partial charge in [-0.1, -0.05) is 0 Å². The van der Waals surface area contributed by atoms with Crippen LogP contribution in [0.15, 0.2) is 36.7 Å². The van der Waals surface area contributed by atoms with E-state index in [0.29, 0.717) is 30.9 Å². The third kappa shape index (κ3) is 5.39. The predicted molar refractivity (Wildman–Crippen MR) is 115 cm³/mol. The first kappa shape index (κ1) is 24.5. The topological polar surface area (TPSA) is 88.3 Å². The number of aromatic nitrogens is 2. The fourth-order valence-corrected chi connectivity index (χ4v) is 3.94. The number of benzene rings is 1. The molecule has 3 heterocycles. The summed E-state index contributed by atoms with van der Waals surface area (Å²) in [5.74, 6) is -2.18. The van der Waals surface area contributed by atoms with Gasteiger partial charge >= 0.3 is 12.8 Å². The maximum atomic E-state index is 13.1. The van der Waals surface area contributed by atoms with Crippen molar-refractivity contribution in [2.45, 2.75) is 25.3 Å². The first-order chi connectivity index (χ1) is 16.6. The number of carbonyl (C=O) groups is 1. The lowest BCUT2D eigenvalue weighted by Gasteiger charge is -2.18. The minimum atomic E-state index is -4.70. The van der Waals surface area contributed by atoms with Gasteiger partial charge in [-0.15, -0.1) is 0 Å². The zero-order valence-corrected chi connectivity index (χ0v) is 18.4. The molecule has 0 unspecified atom stereocenters. The summed E-state index contributed by atoms with van der Waals surface area (Å²) in [7, 11) is 1.15. The number of aliphatic hydroxyl groups is 1. The number of hydrogen-bond donors (Lipinski definition) is 2. The molecule has 3 aromatic rings. The summed E-state index contributed by atoms with van der Waals surface area (Å²) in [6.45, 7) is -3.82. The number of imidazole rings is 1. The van der Waals surface area contributed by atoms with E-state index in [-0.39, 0.29) is 11.3 Å². The maximum absolute atomic E-state index is 13.1. The number of hydrogen-bond acceptors (Lipinski definition) is 6. The monoisotopic (exact) mass is 500 g/mol. The summed E-state index contributed by atoms with van der Waals surface area (Å²) in [6, 6.07) is 6.05. The highest BCUT2D eigenvalue weighted by atomic mass is 19.4. The van der Waals surface area contributed by atoms with E-state index in [2.05, 4.69) is 9.72 Å². The summed E-state index contributed by atoms with van der Waals surface area (Å²) < 4.78 is 75.1. The Morgan fingerprint density at radius 1 is 1.29 bits per heavy atom. The van der Waals surface area contributed by atoms with E-state index in [0.717, 1.165) is 18.9 Å². The molecule has 1 aliphatic heterocycles. The molecule has 0 saturated carbocycles. The summed E-state index contributed by atoms with van der Waals surface area (Å²) in [6.07, 6.45) is -1.27. The quantitative estimate of drug-likeness (QED) is 0.483. The Morgan fingerprint density at radius 3 is 2.66 bits per heavy atom. The number of aliphatic hydroxyl groups excluding tert-OH is 1. The van der Waals surface area contributed by atoms with Crippen LogP contribution in [0.1, 0.15) is 16.8 Å². The van der Waals surface area contributed by atoms with Crippen molar-refractivity contribution >= 4 is 17.2 Å². The molecule has 2 aromatic heterocycles. The zero-order valence-electron chi connectivity index (χ0n) is 18.4. The van der Waals surface area contributed by atoms with E-state index in [1.54, 1.807) is 22.0 Å². The first-order valence-electron chi connectivity index (χ1n) is 10.5. The van der Waals surface area contributed by atoms with Crippen LogP contribution in [-0.4, -0.2) is 66.0 Å². The number of β-amino-alcohol motifs (C(OH)–C–C–N with tert-alkyl or cyclic N) is 1. The van der Waals surface area contributed by atoms with E-state index >= 15 is 0 Å². The number of nitrogens with zero attached hydrogens (tertiary/aromatic N) is 3. The highest BCUT2D eigenvalue weighted by Crippen LogP contribution is 2.37. The maximum Gasteiger partial charge on any atom is 0.405 e. The number of ether oxygens (including phenoxy) is 2.